The van der Waals surface area contributed by atoms with Crippen molar-refractivity contribution in [1.82, 2.24) is 4.57 Å². The van der Waals surface area contributed by atoms with E-state index < -0.39 is 40.1 Å². The summed E-state index contributed by atoms with van der Waals surface area (Å²) in [5, 5.41) is 64.3. The zero-order valence-corrected chi connectivity index (χ0v) is 33.0. The Labute approximate surface area is 352 Å². The van der Waals surface area contributed by atoms with Crippen LogP contribution in [0.2, 0.25) is 0 Å². The molecule has 0 saturated heterocycles. The van der Waals surface area contributed by atoms with E-state index in [1.165, 1.54) is 0 Å². The molecule has 0 bridgehead atoms. The highest BCUT2D eigenvalue weighted by Crippen LogP contribution is 2.51. The molecule has 0 atom stereocenters. The summed E-state index contributed by atoms with van der Waals surface area (Å²) in [4.78, 5) is 9.08. The van der Waals surface area contributed by atoms with Gasteiger partial charge >= 0.3 is 0 Å². The Morgan fingerprint density at radius 1 is 0.508 bits per heavy atom. The van der Waals surface area contributed by atoms with Crippen LogP contribution in [-0.4, -0.2) is 48.0 Å². The fourth-order valence-electron chi connectivity index (χ4n) is 7.97. The van der Waals surface area contributed by atoms with Gasteiger partial charge in [0.05, 0.1) is 11.0 Å². The summed E-state index contributed by atoms with van der Waals surface area (Å²) in [6, 6.07) is 55.6. The van der Waals surface area contributed by atoms with Crippen molar-refractivity contribution in [3.63, 3.8) is 0 Å². The van der Waals surface area contributed by atoms with Crippen molar-refractivity contribution < 1.29 is 25.5 Å². The van der Waals surface area contributed by atoms with E-state index in [2.05, 4.69) is 119 Å². The molecule has 294 valence electrons. The van der Waals surface area contributed by atoms with Crippen molar-refractivity contribution in [2.75, 3.05) is 0 Å². The second-order valence-electron chi connectivity index (χ2n) is 14.6. The Bertz CT molecular complexity index is 3300. The molecule has 0 aliphatic carbocycles. The third-order valence-corrected chi connectivity index (χ3v) is 12.1. The molecule has 9 nitrogen and oxygen atoms in total. The maximum atomic E-state index is 10.5. The number of hydrogen-bond donors (Lipinski definition) is 6. The molecule has 2 aromatic heterocycles. The molecular formula is C51H34N4O5S. The summed E-state index contributed by atoms with van der Waals surface area (Å²) in [6.45, 7) is 0. The molecule has 0 amide bonds. The number of rotatable bonds is 6. The van der Waals surface area contributed by atoms with E-state index in [9.17, 15) is 25.5 Å². The van der Waals surface area contributed by atoms with Crippen molar-refractivity contribution in [3.05, 3.63) is 180 Å². The maximum absolute atomic E-state index is 10.5. The Morgan fingerprint density at radius 3 is 1.66 bits per heavy atom. The molecule has 0 aliphatic heterocycles. The minimum atomic E-state index is -1.12. The number of phenolic OH excluding ortho intramolecular Hbond substituents is 5. The number of hydrogen-bond acceptors (Lipinski definition) is 7. The highest BCUT2D eigenvalue weighted by atomic mass is 32.1. The lowest BCUT2D eigenvalue weighted by atomic mass is 10.0. The van der Waals surface area contributed by atoms with Crippen LogP contribution in [0, 0.1) is 5.41 Å². The smallest absolute Gasteiger partial charge is 0.208 e. The number of amidine groups is 2. The quantitative estimate of drug-likeness (QED) is 0.0427. The van der Waals surface area contributed by atoms with Gasteiger partial charge in [0.1, 0.15) is 5.56 Å². The molecule has 0 saturated carbocycles. The molecule has 0 aliphatic rings. The predicted octanol–water partition coefficient (Wildman–Crippen LogP) is 11.9. The van der Waals surface area contributed by atoms with Gasteiger partial charge in [-0.3, -0.25) is 5.41 Å². The van der Waals surface area contributed by atoms with Crippen molar-refractivity contribution in [2.45, 2.75) is 0 Å². The van der Waals surface area contributed by atoms with Gasteiger partial charge in [-0.1, -0.05) is 115 Å². The maximum Gasteiger partial charge on any atom is 0.208 e. The fourth-order valence-corrected chi connectivity index (χ4v) is 9.09. The number of aromatic nitrogens is 1. The van der Waals surface area contributed by atoms with E-state index in [0.29, 0.717) is 5.56 Å². The predicted molar refractivity (Wildman–Crippen MR) is 247 cm³/mol. The standard InChI is InChI=1S/C51H34N4O5S/c52-50(44-45(56)47(58)49(60)48(59)46(44)57)54-51(31-15-8-3-9-16-31)53-28-34-17-10-18-42-43(34)38-27-35(21-24-41(38)61-42)55-39-22-19-32(29-11-4-1-5-12-29)25-36(39)37-26-33(20-23-40(37)55)30-13-6-2-7-14-30/h1-28,52,56-60H/b52-50?,53-28+,54-51-. The highest BCUT2D eigenvalue weighted by Gasteiger charge is 2.26. The van der Waals surface area contributed by atoms with Crippen LogP contribution in [-0.2, 0) is 0 Å². The molecule has 0 fully saturated rings. The number of fused-ring (bicyclic) bond motifs is 6. The van der Waals surface area contributed by atoms with Gasteiger partial charge in [-0.25, -0.2) is 9.98 Å². The molecule has 0 unspecified atom stereocenters. The molecule has 10 heteroatoms. The van der Waals surface area contributed by atoms with E-state index >= 15 is 0 Å². The molecule has 10 aromatic rings. The summed E-state index contributed by atoms with van der Waals surface area (Å²) in [6.07, 6.45) is 1.67. The van der Waals surface area contributed by atoms with Gasteiger partial charge < -0.3 is 30.1 Å². The first-order valence-corrected chi connectivity index (χ1v) is 20.2. The van der Waals surface area contributed by atoms with Crippen LogP contribution in [0.5, 0.6) is 28.7 Å². The van der Waals surface area contributed by atoms with Crippen molar-refractivity contribution in [1.29, 1.82) is 5.41 Å². The number of nitrogens with one attached hydrogen (secondary N) is 1. The Kier molecular flexibility index (Phi) is 9.04. The van der Waals surface area contributed by atoms with Gasteiger partial charge in [0.2, 0.25) is 17.2 Å². The minimum absolute atomic E-state index is 0.0590. The summed E-state index contributed by atoms with van der Waals surface area (Å²) < 4.78 is 4.47. The first-order chi connectivity index (χ1) is 29.7. The second-order valence-corrected chi connectivity index (χ2v) is 15.6. The normalized spacial score (nSPS) is 12.0. The number of thiophene rings is 1. The molecule has 6 N–H and O–H groups in total. The molecule has 8 aromatic carbocycles. The average molecular weight is 815 g/mol. The van der Waals surface area contributed by atoms with Gasteiger partial charge in [-0.15, -0.1) is 11.3 Å². The minimum Gasteiger partial charge on any atom is -0.504 e. The lowest BCUT2D eigenvalue weighted by Crippen LogP contribution is -2.05. The van der Waals surface area contributed by atoms with Crippen molar-refractivity contribution in [3.8, 4) is 56.7 Å². The summed E-state index contributed by atoms with van der Waals surface area (Å²) >= 11 is 1.68. The number of aromatic hydroxyl groups is 5. The zero-order valence-electron chi connectivity index (χ0n) is 32.2. The topological polar surface area (TPSA) is 155 Å². The number of benzene rings is 8. The van der Waals surface area contributed by atoms with Crippen LogP contribution in [0.4, 0.5) is 0 Å². The molecule has 0 spiro atoms. The first-order valence-electron chi connectivity index (χ1n) is 19.4. The van der Waals surface area contributed by atoms with Crippen molar-refractivity contribution >= 4 is 71.2 Å². The van der Waals surface area contributed by atoms with Crippen LogP contribution in [0.15, 0.2) is 174 Å². The average Bonchev–Trinajstić information content (AvgIpc) is 3.85. The van der Waals surface area contributed by atoms with Crippen molar-refractivity contribution in [2.24, 2.45) is 9.98 Å². The van der Waals surface area contributed by atoms with E-state index in [1.54, 1.807) is 41.8 Å². The van der Waals surface area contributed by atoms with E-state index in [-0.39, 0.29) is 5.84 Å². The largest absolute Gasteiger partial charge is 0.504 e. The fraction of sp³-hybridized carbons (Fsp3) is 0. The molecule has 2 heterocycles. The Balaban J connectivity index is 1.12. The molecular weight excluding hydrogens is 781 g/mol. The van der Waals surface area contributed by atoms with Crippen LogP contribution in [0.1, 0.15) is 16.7 Å². The van der Waals surface area contributed by atoms with Gasteiger partial charge in [0, 0.05) is 54.0 Å². The van der Waals surface area contributed by atoms with E-state index in [1.807, 2.05) is 30.3 Å². The van der Waals surface area contributed by atoms with Gasteiger partial charge in [-0.2, -0.15) is 0 Å². The van der Waals surface area contributed by atoms with Gasteiger partial charge in [0.25, 0.3) is 0 Å². The van der Waals surface area contributed by atoms with Crippen LogP contribution < -0.4 is 0 Å². The summed E-state index contributed by atoms with van der Waals surface area (Å²) in [5.74, 6) is -5.99. The lowest BCUT2D eigenvalue weighted by molar-refractivity contribution is 0.327. The number of phenols is 5. The monoisotopic (exact) mass is 814 g/mol. The summed E-state index contributed by atoms with van der Waals surface area (Å²) in [5.41, 5.74) is 8.39. The molecule has 0 radical (unpaired) electrons. The second kappa shape index (κ2) is 14.9. The summed E-state index contributed by atoms with van der Waals surface area (Å²) in [7, 11) is 0. The Morgan fingerprint density at radius 2 is 1.07 bits per heavy atom. The highest BCUT2D eigenvalue weighted by molar-refractivity contribution is 7.25. The first kappa shape index (κ1) is 37.1. The molecule has 10 rings (SSSR count). The van der Waals surface area contributed by atoms with E-state index in [0.717, 1.165) is 75.5 Å². The third-order valence-electron chi connectivity index (χ3n) is 10.9. The van der Waals surface area contributed by atoms with E-state index in [4.69, 9.17) is 10.4 Å². The lowest BCUT2D eigenvalue weighted by Gasteiger charge is -2.11. The molecule has 61 heavy (non-hydrogen) atoms. The van der Waals surface area contributed by atoms with Crippen LogP contribution in [0.3, 0.4) is 0 Å². The number of aliphatic imine (C=N–C) groups is 2. The Hall–Kier alpha value is -8.21. The zero-order chi connectivity index (χ0) is 41.8. The van der Waals surface area contributed by atoms with Gasteiger partial charge in [-0.05, 0) is 70.8 Å². The van der Waals surface area contributed by atoms with Crippen LogP contribution >= 0.6 is 11.3 Å². The third kappa shape index (κ3) is 6.39. The number of nitrogens with zero attached hydrogens (tertiary/aromatic N) is 3. The van der Waals surface area contributed by atoms with Crippen LogP contribution in [0.25, 0.3) is 69.9 Å². The van der Waals surface area contributed by atoms with Gasteiger partial charge in [0.15, 0.2) is 23.2 Å². The SMILES string of the molecule is N=C(/N=C(\N=C\c1cccc2sc3ccc(-n4c5ccc(-c6ccccc6)cc5c5cc(-c6ccccc6)ccc54)cc3c12)c1ccccc1)c1c(O)c(O)c(O)c(O)c1O.